The van der Waals surface area contributed by atoms with E-state index in [0.29, 0.717) is 13.2 Å². The van der Waals surface area contributed by atoms with Gasteiger partial charge in [-0.3, -0.25) is 9.59 Å². The fourth-order valence-electron chi connectivity index (χ4n) is 1.98. The van der Waals surface area contributed by atoms with E-state index < -0.39 is 0 Å². The van der Waals surface area contributed by atoms with Crippen molar-refractivity contribution in [3.05, 3.63) is 24.3 Å². The smallest absolute Gasteiger partial charge is 0.310 e. The van der Waals surface area contributed by atoms with Crippen LogP contribution in [0.15, 0.2) is 24.3 Å². The molecule has 0 unspecified atom stereocenters. The SMILES string of the molecule is CC=C/C=C/C(=O)N1CCC[C@H](C(=O)OCC)C1. The van der Waals surface area contributed by atoms with Crippen molar-refractivity contribution in [2.24, 2.45) is 5.92 Å². The number of piperidine rings is 1. The molecule has 1 heterocycles. The first-order valence-corrected chi connectivity index (χ1v) is 6.44. The Hall–Kier alpha value is -1.58. The summed E-state index contributed by atoms with van der Waals surface area (Å²) in [6, 6.07) is 0. The quantitative estimate of drug-likeness (QED) is 0.435. The normalized spacial score (nSPS) is 20.6. The second kappa shape index (κ2) is 7.69. The molecule has 0 spiro atoms. The van der Waals surface area contributed by atoms with Crippen molar-refractivity contribution >= 4 is 11.9 Å². The molecule has 1 rings (SSSR count). The number of ether oxygens (including phenoxy) is 1. The fraction of sp³-hybridized carbons (Fsp3) is 0.571. The van der Waals surface area contributed by atoms with Crippen LogP contribution in [0.3, 0.4) is 0 Å². The van der Waals surface area contributed by atoms with Crippen LogP contribution >= 0.6 is 0 Å². The molecular formula is C14H21NO3. The number of allylic oxidation sites excluding steroid dienone is 3. The minimum atomic E-state index is -0.188. The van der Waals surface area contributed by atoms with Gasteiger partial charge >= 0.3 is 5.97 Å². The minimum absolute atomic E-state index is 0.0397. The van der Waals surface area contributed by atoms with E-state index in [1.807, 2.05) is 19.1 Å². The molecule has 0 N–H and O–H groups in total. The Morgan fingerprint density at radius 1 is 1.39 bits per heavy atom. The second-order valence-corrected chi connectivity index (χ2v) is 4.26. The maximum Gasteiger partial charge on any atom is 0.310 e. The fourth-order valence-corrected chi connectivity index (χ4v) is 1.98. The number of rotatable bonds is 4. The molecule has 0 bridgehead atoms. The Morgan fingerprint density at radius 2 is 2.17 bits per heavy atom. The highest BCUT2D eigenvalue weighted by Gasteiger charge is 2.28. The lowest BCUT2D eigenvalue weighted by Gasteiger charge is -2.30. The number of hydrogen-bond acceptors (Lipinski definition) is 3. The summed E-state index contributed by atoms with van der Waals surface area (Å²) in [5.74, 6) is -0.396. The molecule has 0 aromatic heterocycles. The first kappa shape index (κ1) is 14.5. The van der Waals surface area contributed by atoms with E-state index in [0.717, 1.165) is 19.4 Å². The van der Waals surface area contributed by atoms with Crippen molar-refractivity contribution in [2.45, 2.75) is 26.7 Å². The zero-order valence-electron chi connectivity index (χ0n) is 11.1. The van der Waals surface area contributed by atoms with E-state index in [-0.39, 0.29) is 17.8 Å². The standard InChI is InChI=1S/C14H21NO3/c1-3-5-6-9-13(16)15-10-7-8-12(11-15)14(17)18-4-2/h3,5-6,9,12H,4,7-8,10-11H2,1-2H3/b5-3?,9-6+/t12-/m0/s1. The van der Waals surface area contributed by atoms with Gasteiger partial charge in [0.1, 0.15) is 0 Å². The van der Waals surface area contributed by atoms with Gasteiger partial charge < -0.3 is 9.64 Å². The Bertz CT molecular complexity index is 347. The summed E-state index contributed by atoms with van der Waals surface area (Å²) >= 11 is 0. The number of likely N-dealkylation sites (tertiary alicyclic amines) is 1. The third-order valence-electron chi connectivity index (χ3n) is 2.90. The van der Waals surface area contributed by atoms with E-state index in [1.54, 1.807) is 17.9 Å². The van der Waals surface area contributed by atoms with Crippen LogP contribution in [0.5, 0.6) is 0 Å². The largest absolute Gasteiger partial charge is 0.466 e. The van der Waals surface area contributed by atoms with Crippen LogP contribution in [0.4, 0.5) is 0 Å². The first-order valence-electron chi connectivity index (χ1n) is 6.44. The average Bonchev–Trinajstić information content (AvgIpc) is 2.39. The second-order valence-electron chi connectivity index (χ2n) is 4.26. The topological polar surface area (TPSA) is 46.6 Å². The van der Waals surface area contributed by atoms with Crippen molar-refractivity contribution in [1.82, 2.24) is 4.90 Å². The molecule has 0 radical (unpaired) electrons. The monoisotopic (exact) mass is 251 g/mol. The molecule has 0 aromatic carbocycles. The maximum absolute atomic E-state index is 11.9. The number of amides is 1. The van der Waals surface area contributed by atoms with Crippen LogP contribution in [0, 0.1) is 5.92 Å². The van der Waals surface area contributed by atoms with Gasteiger partial charge in [0.2, 0.25) is 5.91 Å². The van der Waals surface area contributed by atoms with Crippen molar-refractivity contribution < 1.29 is 14.3 Å². The summed E-state index contributed by atoms with van der Waals surface area (Å²) in [4.78, 5) is 25.2. The van der Waals surface area contributed by atoms with E-state index >= 15 is 0 Å². The Morgan fingerprint density at radius 3 is 2.83 bits per heavy atom. The van der Waals surface area contributed by atoms with Crippen molar-refractivity contribution in [3.63, 3.8) is 0 Å². The van der Waals surface area contributed by atoms with Gasteiger partial charge in [0.15, 0.2) is 0 Å². The molecule has 18 heavy (non-hydrogen) atoms. The summed E-state index contributed by atoms with van der Waals surface area (Å²) in [7, 11) is 0. The predicted octanol–water partition coefficient (Wildman–Crippen LogP) is 1.92. The highest BCUT2D eigenvalue weighted by molar-refractivity contribution is 5.88. The summed E-state index contributed by atoms with van der Waals surface area (Å²) in [6.07, 6.45) is 8.59. The third-order valence-corrected chi connectivity index (χ3v) is 2.90. The minimum Gasteiger partial charge on any atom is -0.466 e. The highest BCUT2D eigenvalue weighted by atomic mass is 16.5. The number of esters is 1. The van der Waals surface area contributed by atoms with Crippen LogP contribution in [-0.4, -0.2) is 36.5 Å². The van der Waals surface area contributed by atoms with Crippen LogP contribution in [-0.2, 0) is 14.3 Å². The summed E-state index contributed by atoms with van der Waals surface area (Å²) in [5.41, 5.74) is 0. The van der Waals surface area contributed by atoms with Gasteiger partial charge in [-0.1, -0.05) is 18.2 Å². The van der Waals surface area contributed by atoms with E-state index in [4.69, 9.17) is 4.74 Å². The van der Waals surface area contributed by atoms with Gasteiger partial charge in [-0.15, -0.1) is 0 Å². The molecule has 1 fully saturated rings. The predicted molar refractivity (Wildman–Crippen MR) is 69.9 cm³/mol. The van der Waals surface area contributed by atoms with E-state index in [2.05, 4.69) is 0 Å². The molecule has 1 amide bonds. The van der Waals surface area contributed by atoms with Gasteiger partial charge in [-0.25, -0.2) is 0 Å². The summed E-state index contributed by atoms with van der Waals surface area (Å²) in [6.45, 7) is 5.27. The zero-order valence-corrected chi connectivity index (χ0v) is 11.1. The van der Waals surface area contributed by atoms with Gasteiger partial charge in [0.05, 0.1) is 12.5 Å². The molecule has 0 aromatic rings. The number of carbonyl (C=O) groups excluding carboxylic acids is 2. The van der Waals surface area contributed by atoms with Crippen molar-refractivity contribution in [1.29, 1.82) is 0 Å². The van der Waals surface area contributed by atoms with Crippen LogP contribution in [0.25, 0.3) is 0 Å². The summed E-state index contributed by atoms with van der Waals surface area (Å²) < 4.78 is 5.00. The van der Waals surface area contributed by atoms with Crippen molar-refractivity contribution in [3.8, 4) is 0 Å². The van der Waals surface area contributed by atoms with Gasteiger partial charge in [0.25, 0.3) is 0 Å². The van der Waals surface area contributed by atoms with Crippen LogP contribution in [0.1, 0.15) is 26.7 Å². The molecule has 0 saturated carbocycles. The summed E-state index contributed by atoms with van der Waals surface area (Å²) in [5, 5.41) is 0. The Kier molecular flexibility index (Phi) is 6.19. The number of nitrogens with zero attached hydrogens (tertiary/aromatic N) is 1. The maximum atomic E-state index is 11.9. The molecule has 100 valence electrons. The number of carbonyl (C=O) groups is 2. The van der Waals surface area contributed by atoms with Crippen molar-refractivity contribution in [2.75, 3.05) is 19.7 Å². The molecule has 0 aliphatic carbocycles. The van der Waals surface area contributed by atoms with Gasteiger partial charge in [-0.2, -0.15) is 0 Å². The van der Waals surface area contributed by atoms with Crippen LogP contribution in [0.2, 0.25) is 0 Å². The molecule has 1 atom stereocenters. The molecule has 1 aliphatic rings. The molecule has 1 saturated heterocycles. The highest BCUT2D eigenvalue weighted by Crippen LogP contribution is 2.18. The van der Waals surface area contributed by atoms with Gasteiger partial charge in [0, 0.05) is 19.2 Å². The molecule has 1 aliphatic heterocycles. The zero-order chi connectivity index (χ0) is 13.4. The Labute approximate surface area is 108 Å². The third kappa shape index (κ3) is 4.35. The molecule has 4 heteroatoms. The molecule has 4 nitrogen and oxygen atoms in total. The lowest BCUT2D eigenvalue weighted by atomic mass is 9.98. The molecular weight excluding hydrogens is 230 g/mol. The average molecular weight is 251 g/mol. The number of hydrogen-bond donors (Lipinski definition) is 0. The Balaban J connectivity index is 2.52. The van der Waals surface area contributed by atoms with E-state index in [9.17, 15) is 9.59 Å². The van der Waals surface area contributed by atoms with Gasteiger partial charge in [-0.05, 0) is 26.7 Å². The first-order chi connectivity index (χ1) is 8.69. The lowest BCUT2D eigenvalue weighted by molar-refractivity contribution is -0.150. The van der Waals surface area contributed by atoms with E-state index in [1.165, 1.54) is 6.08 Å². The van der Waals surface area contributed by atoms with Crippen LogP contribution < -0.4 is 0 Å². The lowest BCUT2D eigenvalue weighted by Crippen LogP contribution is -2.42.